The Morgan fingerprint density at radius 2 is 2.33 bits per heavy atom. The van der Waals surface area contributed by atoms with E-state index >= 15 is 0 Å². The summed E-state index contributed by atoms with van der Waals surface area (Å²) in [5.74, 6) is 0. The molecule has 0 unspecified atom stereocenters. The zero-order chi connectivity index (χ0) is 5.98. The molecule has 0 amide bonds. The van der Waals surface area contributed by atoms with Crippen LogP contribution in [-0.4, -0.2) is 36.6 Å². The van der Waals surface area contributed by atoms with Crippen molar-refractivity contribution in [2.75, 3.05) is 26.7 Å². The van der Waals surface area contributed by atoms with Gasteiger partial charge in [-0.25, -0.2) is 0 Å². The van der Waals surface area contributed by atoms with Gasteiger partial charge >= 0.3 is 0 Å². The molecule has 1 fully saturated rings. The lowest BCUT2D eigenvalue weighted by Crippen LogP contribution is -2.44. The Morgan fingerprint density at radius 3 is 2.67 bits per heavy atom. The number of halogens is 1. The summed E-state index contributed by atoms with van der Waals surface area (Å²) in [5, 5.41) is 3.18. The minimum Gasteiger partial charge on any atom is -0.367 e. The lowest BCUT2D eigenvalue weighted by Gasteiger charge is -2.25. The van der Waals surface area contributed by atoms with Crippen molar-refractivity contribution in [2.45, 2.75) is 0 Å². The maximum atomic E-state index is 4.99. The fourth-order valence-corrected chi connectivity index (χ4v) is 0.895. The van der Waals surface area contributed by atoms with E-state index in [1.165, 1.54) is 0 Å². The summed E-state index contributed by atoms with van der Waals surface area (Å²) in [6.45, 7) is 3.00. The highest BCUT2D eigenvalue weighted by Crippen LogP contribution is 1.89. The Kier molecular flexibility index (Phi) is 4.10. The van der Waals surface area contributed by atoms with Gasteiger partial charge in [0.05, 0.1) is 4.99 Å². The molecule has 0 radical (unpaired) electrons. The molecular weight excluding hydrogens is 156 g/mol. The summed E-state index contributed by atoms with van der Waals surface area (Å²) in [7, 11) is 2.03. The van der Waals surface area contributed by atoms with Gasteiger partial charge in [0.15, 0.2) is 0 Å². The number of hydrogen-bond acceptors (Lipinski definition) is 2. The third-order valence-electron chi connectivity index (χ3n) is 1.33. The second-order valence-electron chi connectivity index (χ2n) is 1.99. The average Bonchev–Trinajstić information content (AvgIpc) is 1.77. The van der Waals surface area contributed by atoms with E-state index in [-0.39, 0.29) is 12.4 Å². The largest absolute Gasteiger partial charge is 0.367 e. The number of nitrogens with zero attached hydrogens (tertiary/aromatic N) is 1. The van der Waals surface area contributed by atoms with Crippen LogP contribution in [0.5, 0.6) is 0 Å². The van der Waals surface area contributed by atoms with Crippen molar-refractivity contribution in [3.8, 4) is 0 Å². The third-order valence-corrected chi connectivity index (χ3v) is 1.78. The fourth-order valence-electron chi connectivity index (χ4n) is 0.702. The van der Waals surface area contributed by atoms with Gasteiger partial charge in [-0.05, 0) is 0 Å². The molecule has 1 rings (SSSR count). The zero-order valence-electron chi connectivity index (χ0n) is 5.39. The number of nitrogens with one attached hydrogen (secondary N) is 1. The summed E-state index contributed by atoms with van der Waals surface area (Å²) >= 11 is 4.99. The lowest BCUT2D eigenvalue weighted by molar-refractivity contribution is 0.455. The Hall–Kier alpha value is 0.140. The van der Waals surface area contributed by atoms with Crippen molar-refractivity contribution in [2.24, 2.45) is 0 Å². The summed E-state index contributed by atoms with van der Waals surface area (Å²) in [4.78, 5) is 3.13. The van der Waals surface area contributed by atoms with E-state index in [0.29, 0.717) is 0 Å². The van der Waals surface area contributed by atoms with Crippen LogP contribution in [-0.2, 0) is 0 Å². The number of hydrogen-bond donors (Lipinski definition) is 1. The summed E-state index contributed by atoms with van der Waals surface area (Å²) in [6.07, 6.45) is 0. The van der Waals surface area contributed by atoms with Gasteiger partial charge in [0.1, 0.15) is 0 Å². The van der Waals surface area contributed by atoms with Gasteiger partial charge in [0.25, 0.3) is 0 Å². The molecule has 0 bridgehead atoms. The van der Waals surface area contributed by atoms with E-state index in [4.69, 9.17) is 12.2 Å². The molecule has 1 aliphatic heterocycles. The minimum atomic E-state index is 0. The quantitative estimate of drug-likeness (QED) is 0.521. The van der Waals surface area contributed by atoms with Crippen LogP contribution in [0, 0.1) is 0 Å². The first-order chi connectivity index (χ1) is 3.80. The zero-order valence-corrected chi connectivity index (χ0v) is 7.02. The average molecular weight is 167 g/mol. The van der Waals surface area contributed by atoms with Crippen LogP contribution in [0.4, 0.5) is 0 Å². The molecular formula is C5H11ClN2S. The molecule has 0 aliphatic carbocycles. The highest BCUT2D eigenvalue weighted by Gasteiger charge is 2.07. The highest BCUT2D eigenvalue weighted by atomic mass is 35.5. The van der Waals surface area contributed by atoms with Crippen molar-refractivity contribution >= 4 is 29.6 Å². The van der Waals surface area contributed by atoms with Gasteiger partial charge in [-0.2, -0.15) is 0 Å². The molecule has 0 atom stereocenters. The third kappa shape index (κ3) is 2.47. The van der Waals surface area contributed by atoms with Gasteiger partial charge in [0, 0.05) is 26.7 Å². The van der Waals surface area contributed by atoms with E-state index in [2.05, 4.69) is 10.2 Å². The second-order valence-corrected chi connectivity index (χ2v) is 2.46. The molecule has 0 saturated carbocycles. The van der Waals surface area contributed by atoms with Gasteiger partial charge < -0.3 is 10.2 Å². The van der Waals surface area contributed by atoms with Crippen LogP contribution in [0.25, 0.3) is 0 Å². The normalized spacial score (nSPS) is 19.2. The van der Waals surface area contributed by atoms with Gasteiger partial charge in [-0.3, -0.25) is 0 Å². The molecule has 4 heteroatoms. The van der Waals surface area contributed by atoms with Crippen molar-refractivity contribution in [1.82, 2.24) is 10.2 Å². The Morgan fingerprint density at radius 1 is 1.67 bits per heavy atom. The lowest BCUT2D eigenvalue weighted by atomic mass is 10.4. The van der Waals surface area contributed by atoms with Crippen LogP contribution in [0.2, 0.25) is 0 Å². The summed E-state index contributed by atoms with van der Waals surface area (Å²) in [5.41, 5.74) is 0. The molecule has 0 aromatic carbocycles. The predicted molar refractivity (Wildman–Crippen MR) is 45.3 cm³/mol. The van der Waals surface area contributed by atoms with Crippen molar-refractivity contribution in [1.29, 1.82) is 0 Å². The maximum Gasteiger partial charge on any atom is 0.0917 e. The smallest absolute Gasteiger partial charge is 0.0917 e. The van der Waals surface area contributed by atoms with E-state index < -0.39 is 0 Å². The molecule has 0 spiro atoms. The first-order valence-electron chi connectivity index (χ1n) is 2.75. The maximum absolute atomic E-state index is 4.99. The van der Waals surface area contributed by atoms with Crippen LogP contribution >= 0.6 is 24.6 Å². The van der Waals surface area contributed by atoms with Gasteiger partial charge in [-0.15, -0.1) is 12.4 Å². The van der Waals surface area contributed by atoms with Gasteiger partial charge in [0.2, 0.25) is 0 Å². The molecule has 1 aliphatic rings. The number of rotatable bonds is 0. The standard InChI is InChI=1S/C5H10N2S.ClH/c1-7-3-2-6-4-5(7)8;/h6H,2-4H2,1H3;1H. The molecule has 1 heterocycles. The topological polar surface area (TPSA) is 15.3 Å². The summed E-state index contributed by atoms with van der Waals surface area (Å²) in [6, 6.07) is 0. The van der Waals surface area contributed by atoms with Gasteiger partial charge in [-0.1, -0.05) is 12.2 Å². The SMILES string of the molecule is CN1CCNCC1=S.Cl. The van der Waals surface area contributed by atoms with Crippen LogP contribution < -0.4 is 5.32 Å². The Balaban J connectivity index is 0.000000640. The highest BCUT2D eigenvalue weighted by molar-refractivity contribution is 7.80. The molecule has 0 aromatic rings. The molecule has 1 saturated heterocycles. The molecule has 9 heavy (non-hydrogen) atoms. The fraction of sp³-hybridized carbons (Fsp3) is 0.800. The Bertz CT molecular complexity index is 107. The van der Waals surface area contributed by atoms with Crippen LogP contribution in [0.3, 0.4) is 0 Å². The van der Waals surface area contributed by atoms with Crippen molar-refractivity contribution in [3.63, 3.8) is 0 Å². The number of thiocarbonyl (C=S) groups is 1. The van der Waals surface area contributed by atoms with E-state index in [9.17, 15) is 0 Å². The monoisotopic (exact) mass is 166 g/mol. The van der Waals surface area contributed by atoms with Crippen molar-refractivity contribution in [3.05, 3.63) is 0 Å². The number of likely N-dealkylation sites (N-methyl/N-ethyl adjacent to an activating group) is 1. The van der Waals surface area contributed by atoms with Crippen LogP contribution in [0.1, 0.15) is 0 Å². The van der Waals surface area contributed by atoms with E-state index in [0.717, 1.165) is 24.6 Å². The minimum absolute atomic E-state index is 0. The number of piperazine rings is 1. The summed E-state index contributed by atoms with van der Waals surface area (Å²) < 4.78 is 0. The van der Waals surface area contributed by atoms with E-state index in [1.54, 1.807) is 0 Å². The van der Waals surface area contributed by atoms with Crippen molar-refractivity contribution < 1.29 is 0 Å². The van der Waals surface area contributed by atoms with Crippen LogP contribution in [0.15, 0.2) is 0 Å². The van der Waals surface area contributed by atoms with E-state index in [1.807, 2.05) is 7.05 Å². The molecule has 2 nitrogen and oxygen atoms in total. The first-order valence-corrected chi connectivity index (χ1v) is 3.16. The predicted octanol–water partition coefficient (Wildman–Crippen LogP) is 0.271. The molecule has 1 N–H and O–H groups in total. The second kappa shape index (κ2) is 4.04. The molecule has 54 valence electrons. The molecule has 0 aromatic heterocycles. The Labute approximate surface area is 67.0 Å². The first kappa shape index (κ1) is 9.14.